The highest BCUT2D eigenvalue weighted by molar-refractivity contribution is 8.00. The fraction of sp³-hybridized carbons (Fsp3) is 0.833. The van der Waals surface area contributed by atoms with Gasteiger partial charge in [0.1, 0.15) is 5.60 Å². The topological polar surface area (TPSA) is 109 Å². The van der Waals surface area contributed by atoms with Crippen LogP contribution in [0.4, 0.5) is 9.59 Å². The largest absolute Gasteiger partial charge is 0.444 e. The van der Waals surface area contributed by atoms with Crippen LogP contribution in [0.25, 0.3) is 0 Å². The molecule has 0 aromatic heterocycles. The minimum Gasteiger partial charge on any atom is -0.444 e. The Morgan fingerprint density at radius 1 is 1.15 bits per heavy atom. The molecule has 4 amide bonds. The first-order valence-electron chi connectivity index (χ1n) is 9.67. The predicted molar refractivity (Wildman–Crippen MR) is 106 cm³/mol. The van der Waals surface area contributed by atoms with E-state index in [0.29, 0.717) is 31.2 Å². The van der Waals surface area contributed by atoms with Crippen molar-refractivity contribution in [3.63, 3.8) is 0 Å². The summed E-state index contributed by atoms with van der Waals surface area (Å²) in [6.45, 7) is 6.45. The standard InChI is InChI=1S/C18H32N4O4S/c1-18(2,3)26-17(25)20-10-6-9-19-14(23)8-5-4-7-13-15-12(11-27-13)21-16(24)22-15/h12-13,15H,4-11H2,1-3H3,(H,19,23)(H,20,25)(H2,21,22,24). The van der Waals surface area contributed by atoms with Gasteiger partial charge in [-0.1, -0.05) is 6.42 Å². The van der Waals surface area contributed by atoms with Crippen LogP contribution in [-0.4, -0.2) is 59.8 Å². The zero-order valence-corrected chi connectivity index (χ0v) is 17.2. The average molecular weight is 401 g/mol. The van der Waals surface area contributed by atoms with Crippen LogP contribution in [0.15, 0.2) is 0 Å². The van der Waals surface area contributed by atoms with E-state index >= 15 is 0 Å². The third-order valence-corrected chi connectivity index (χ3v) is 5.93. The summed E-state index contributed by atoms with van der Waals surface area (Å²) in [5.41, 5.74) is -0.504. The quantitative estimate of drug-likeness (QED) is 0.348. The van der Waals surface area contributed by atoms with Crippen LogP contribution >= 0.6 is 11.8 Å². The molecule has 0 bridgehead atoms. The van der Waals surface area contributed by atoms with E-state index in [1.165, 1.54) is 0 Å². The van der Waals surface area contributed by atoms with Gasteiger partial charge in [0.25, 0.3) is 0 Å². The molecular weight excluding hydrogens is 368 g/mol. The fourth-order valence-electron chi connectivity index (χ4n) is 3.18. The second-order valence-corrected chi connectivity index (χ2v) is 9.27. The smallest absolute Gasteiger partial charge is 0.407 e. The Bertz CT molecular complexity index is 538. The third-order valence-electron chi connectivity index (χ3n) is 4.42. The number of rotatable bonds is 9. The molecule has 2 saturated heterocycles. The Morgan fingerprint density at radius 2 is 1.89 bits per heavy atom. The van der Waals surface area contributed by atoms with Gasteiger partial charge in [-0.05, 0) is 40.0 Å². The summed E-state index contributed by atoms with van der Waals surface area (Å²) in [4.78, 5) is 34.7. The van der Waals surface area contributed by atoms with Gasteiger partial charge < -0.3 is 26.0 Å². The Balaban J connectivity index is 1.45. The van der Waals surface area contributed by atoms with E-state index in [-0.39, 0.29) is 24.0 Å². The summed E-state index contributed by atoms with van der Waals surface area (Å²) in [5.74, 6) is 1.01. The maximum atomic E-state index is 11.9. The Hall–Kier alpha value is -1.64. The van der Waals surface area contributed by atoms with Crippen LogP contribution in [0.2, 0.25) is 0 Å². The molecule has 0 radical (unpaired) electrons. The number of unbranched alkanes of at least 4 members (excludes halogenated alkanes) is 1. The lowest BCUT2D eigenvalue weighted by atomic mass is 10.0. The molecule has 0 aromatic carbocycles. The molecule has 2 fully saturated rings. The normalized spacial score (nSPS) is 24.0. The minimum atomic E-state index is -0.504. The van der Waals surface area contributed by atoms with E-state index in [1.807, 2.05) is 32.5 Å². The van der Waals surface area contributed by atoms with E-state index in [2.05, 4.69) is 21.3 Å². The summed E-state index contributed by atoms with van der Waals surface area (Å²) in [7, 11) is 0. The summed E-state index contributed by atoms with van der Waals surface area (Å²) in [6.07, 6.45) is 3.58. The van der Waals surface area contributed by atoms with Gasteiger partial charge in [-0.25, -0.2) is 9.59 Å². The van der Waals surface area contributed by atoms with Crippen molar-refractivity contribution >= 4 is 29.8 Å². The highest BCUT2D eigenvalue weighted by Gasteiger charge is 2.42. The van der Waals surface area contributed by atoms with E-state index in [9.17, 15) is 14.4 Å². The van der Waals surface area contributed by atoms with Gasteiger partial charge in [-0.2, -0.15) is 11.8 Å². The zero-order valence-electron chi connectivity index (χ0n) is 16.4. The molecule has 4 N–H and O–H groups in total. The van der Waals surface area contributed by atoms with Crippen molar-refractivity contribution in [3.8, 4) is 0 Å². The molecule has 3 unspecified atom stereocenters. The summed E-state index contributed by atoms with van der Waals surface area (Å²) in [5, 5.41) is 11.9. The molecule has 2 rings (SSSR count). The predicted octanol–water partition coefficient (Wildman–Crippen LogP) is 1.74. The number of amides is 4. The first-order valence-corrected chi connectivity index (χ1v) is 10.7. The molecule has 0 aromatic rings. The number of thioether (sulfide) groups is 1. The van der Waals surface area contributed by atoms with Crippen LogP contribution in [-0.2, 0) is 9.53 Å². The molecule has 154 valence electrons. The van der Waals surface area contributed by atoms with E-state index in [1.54, 1.807) is 0 Å². The lowest BCUT2D eigenvalue weighted by Crippen LogP contribution is -2.36. The van der Waals surface area contributed by atoms with E-state index in [4.69, 9.17) is 4.74 Å². The van der Waals surface area contributed by atoms with Crippen molar-refractivity contribution in [3.05, 3.63) is 0 Å². The molecule has 2 aliphatic rings. The van der Waals surface area contributed by atoms with Crippen LogP contribution in [0.3, 0.4) is 0 Å². The van der Waals surface area contributed by atoms with E-state index < -0.39 is 11.7 Å². The molecule has 9 heteroatoms. The van der Waals surface area contributed by atoms with Gasteiger partial charge in [0, 0.05) is 30.5 Å². The number of fused-ring (bicyclic) bond motifs is 1. The molecule has 3 atom stereocenters. The summed E-state index contributed by atoms with van der Waals surface area (Å²) >= 11 is 1.90. The summed E-state index contributed by atoms with van der Waals surface area (Å²) in [6, 6.07) is 0.426. The first-order chi connectivity index (χ1) is 12.7. The van der Waals surface area contributed by atoms with Crippen molar-refractivity contribution in [1.29, 1.82) is 0 Å². The number of urea groups is 1. The van der Waals surface area contributed by atoms with Crippen LogP contribution in [0.5, 0.6) is 0 Å². The lowest BCUT2D eigenvalue weighted by Gasteiger charge is -2.19. The molecule has 0 saturated carbocycles. The van der Waals surface area contributed by atoms with Gasteiger partial charge in [0.2, 0.25) is 5.91 Å². The van der Waals surface area contributed by atoms with Crippen LogP contribution < -0.4 is 21.3 Å². The SMILES string of the molecule is CC(C)(C)OC(=O)NCCCNC(=O)CCCCC1SCC2NC(=O)NC21. The van der Waals surface area contributed by atoms with Crippen molar-refractivity contribution in [2.24, 2.45) is 0 Å². The molecule has 0 spiro atoms. The zero-order chi connectivity index (χ0) is 19.9. The second-order valence-electron chi connectivity index (χ2n) is 8.00. The number of nitrogens with one attached hydrogen (secondary N) is 4. The van der Waals surface area contributed by atoms with Gasteiger partial charge in [0.05, 0.1) is 12.1 Å². The number of hydrogen-bond acceptors (Lipinski definition) is 5. The van der Waals surface area contributed by atoms with Gasteiger partial charge in [-0.15, -0.1) is 0 Å². The Labute approximate surface area is 165 Å². The molecule has 0 aliphatic carbocycles. The molecule has 2 heterocycles. The molecule has 27 heavy (non-hydrogen) atoms. The minimum absolute atomic E-state index is 0.0417. The highest BCUT2D eigenvalue weighted by Crippen LogP contribution is 2.33. The van der Waals surface area contributed by atoms with Crippen molar-refractivity contribution < 1.29 is 19.1 Å². The number of carbonyl (C=O) groups excluding carboxylic acids is 3. The number of hydrogen-bond donors (Lipinski definition) is 4. The van der Waals surface area contributed by atoms with Crippen molar-refractivity contribution in [2.45, 2.75) is 75.8 Å². The maximum absolute atomic E-state index is 11.9. The van der Waals surface area contributed by atoms with Gasteiger partial charge in [-0.3, -0.25) is 4.79 Å². The number of alkyl carbamates (subject to hydrolysis) is 1. The second kappa shape index (κ2) is 10.1. The van der Waals surface area contributed by atoms with E-state index in [0.717, 1.165) is 25.0 Å². The maximum Gasteiger partial charge on any atom is 0.407 e. The Kier molecular flexibility index (Phi) is 8.07. The van der Waals surface area contributed by atoms with Gasteiger partial charge >= 0.3 is 12.1 Å². The van der Waals surface area contributed by atoms with Crippen molar-refractivity contribution in [2.75, 3.05) is 18.8 Å². The molecule has 8 nitrogen and oxygen atoms in total. The first kappa shape index (κ1) is 21.7. The fourth-order valence-corrected chi connectivity index (χ4v) is 4.73. The van der Waals surface area contributed by atoms with Gasteiger partial charge in [0.15, 0.2) is 0 Å². The highest BCUT2D eigenvalue weighted by atomic mass is 32.2. The molecule has 2 aliphatic heterocycles. The third kappa shape index (κ3) is 7.86. The Morgan fingerprint density at radius 3 is 2.63 bits per heavy atom. The summed E-state index contributed by atoms with van der Waals surface area (Å²) < 4.78 is 5.14. The van der Waals surface area contributed by atoms with Crippen LogP contribution in [0.1, 0.15) is 52.9 Å². The monoisotopic (exact) mass is 400 g/mol. The molecular formula is C18H32N4O4S. The average Bonchev–Trinajstić information content (AvgIpc) is 3.09. The lowest BCUT2D eigenvalue weighted by molar-refractivity contribution is -0.121. The van der Waals surface area contributed by atoms with Crippen LogP contribution in [0, 0.1) is 0 Å². The number of ether oxygens (including phenoxy) is 1. The van der Waals surface area contributed by atoms with Crippen molar-refractivity contribution in [1.82, 2.24) is 21.3 Å². The number of carbonyl (C=O) groups is 3.